The predicted molar refractivity (Wildman–Crippen MR) is 82.1 cm³/mol. The summed E-state index contributed by atoms with van der Waals surface area (Å²) >= 11 is 0. The Kier molecular flexibility index (Phi) is 5.07. The number of hydrogen-bond donors (Lipinski definition) is 0. The normalized spacial score (nSPS) is 9.91. The number of ketones is 1. The third kappa shape index (κ3) is 4.06. The van der Waals surface area contributed by atoms with Crippen molar-refractivity contribution in [3.05, 3.63) is 71.3 Å². The summed E-state index contributed by atoms with van der Waals surface area (Å²) in [6.45, 7) is -0.0254. The first-order valence-electron chi connectivity index (χ1n) is 6.55. The Morgan fingerprint density at radius 2 is 1.91 bits per heavy atom. The molecule has 0 N–H and O–H groups in total. The van der Waals surface area contributed by atoms with Gasteiger partial charge in [-0.15, -0.1) is 0 Å². The lowest BCUT2D eigenvalue weighted by Gasteiger charge is -2.01. The predicted octanol–water partition coefficient (Wildman–Crippen LogP) is 3.36. The number of carbonyl (C=O) groups excluding carboxylic acids is 1. The molecule has 0 saturated heterocycles. The Labute approximate surface area is 128 Å². The molecule has 0 amide bonds. The van der Waals surface area contributed by atoms with Gasteiger partial charge in [0.2, 0.25) is 0 Å². The minimum absolute atomic E-state index is 0.0254. The molecule has 4 nitrogen and oxygen atoms in total. The number of nitrogens with zero attached hydrogens (tertiary/aromatic N) is 2. The van der Waals surface area contributed by atoms with Gasteiger partial charge in [-0.05, 0) is 48.0 Å². The molecule has 0 atom stereocenters. The number of rotatable bonds is 5. The molecule has 4 heteroatoms. The number of benzene rings is 2. The third-order valence-corrected chi connectivity index (χ3v) is 2.89. The summed E-state index contributed by atoms with van der Waals surface area (Å²) in [5, 5.41) is 17.3. The lowest BCUT2D eigenvalue weighted by Crippen LogP contribution is -1.96. The second-order valence-electron chi connectivity index (χ2n) is 4.41. The van der Waals surface area contributed by atoms with Crippen molar-refractivity contribution >= 4 is 11.9 Å². The summed E-state index contributed by atoms with van der Waals surface area (Å²) in [4.78, 5) is 12.1. The maximum absolute atomic E-state index is 12.1. The summed E-state index contributed by atoms with van der Waals surface area (Å²) < 4.78 is 5.12. The molecule has 0 saturated carbocycles. The second-order valence-corrected chi connectivity index (χ2v) is 4.41. The van der Waals surface area contributed by atoms with Gasteiger partial charge in [-0.2, -0.15) is 10.5 Å². The molecule has 0 aliphatic heterocycles. The first-order chi connectivity index (χ1) is 10.7. The molecule has 2 aromatic rings. The Bertz CT molecular complexity index is 778. The Balaban J connectivity index is 2.07. The van der Waals surface area contributed by atoms with Crippen LogP contribution >= 0.6 is 0 Å². The maximum Gasteiger partial charge on any atom is 0.185 e. The highest BCUT2D eigenvalue weighted by atomic mass is 16.5. The Morgan fingerprint density at radius 1 is 1.14 bits per heavy atom. The smallest absolute Gasteiger partial charge is 0.185 e. The van der Waals surface area contributed by atoms with E-state index in [0.29, 0.717) is 16.9 Å². The van der Waals surface area contributed by atoms with Gasteiger partial charge in [0.15, 0.2) is 12.4 Å². The lowest BCUT2D eigenvalue weighted by molar-refractivity contribution is 0.104. The quantitative estimate of drug-likeness (QED) is 0.624. The lowest BCUT2D eigenvalue weighted by atomic mass is 10.1. The highest BCUT2D eigenvalue weighted by molar-refractivity contribution is 6.06. The summed E-state index contributed by atoms with van der Waals surface area (Å²) in [5.41, 5.74) is 1.87. The van der Waals surface area contributed by atoms with Crippen LogP contribution < -0.4 is 4.74 Å². The number of ether oxygens (including phenoxy) is 1. The summed E-state index contributed by atoms with van der Waals surface area (Å²) in [5.74, 6) is 0.401. The van der Waals surface area contributed by atoms with Gasteiger partial charge >= 0.3 is 0 Å². The molecule has 0 spiro atoms. The number of nitriles is 2. The van der Waals surface area contributed by atoms with E-state index in [1.54, 1.807) is 48.5 Å². The van der Waals surface area contributed by atoms with Crippen molar-refractivity contribution in [2.75, 3.05) is 6.61 Å². The van der Waals surface area contributed by atoms with Crippen LogP contribution in [0.1, 0.15) is 21.5 Å². The van der Waals surface area contributed by atoms with E-state index < -0.39 is 0 Å². The van der Waals surface area contributed by atoms with E-state index in [1.807, 2.05) is 12.1 Å². The average molecular weight is 288 g/mol. The zero-order valence-electron chi connectivity index (χ0n) is 11.7. The number of hydrogen-bond acceptors (Lipinski definition) is 4. The molecule has 0 aromatic heterocycles. The molecule has 0 radical (unpaired) electrons. The van der Waals surface area contributed by atoms with Crippen LogP contribution in [-0.4, -0.2) is 12.4 Å². The van der Waals surface area contributed by atoms with E-state index in [-0.39, 0.29) is 12.4 Å². The molecule has 0 fully saturated rings. The monoisotopic (exact) mass is 288 g/mol. The molecular weight excluding hydrogens is 276 g/mol. The molecule has 0 aliphatic rings. The van der Waals surface area contributed by atoms with E-state index in [9.17, 15) is 4.79 Å². The van der Waals surface area contributed by atoms with E-state index in [1.165, 1.54) is 6.08 Å². The SMILES string of the molecule is N#CCOc1ccc(C(=O)/C=C/c2cccc(C#N)c2)cc1. The van der Waals surface area contributed by atoms with Gasteiger partial charge in [0.1, 0.15) is 11.8 Å². The van der Waals surface area contributed by atoms with Crippen LogP contribution in [0.15, 0.2) is 54.6 Å². The van der Waals surface area contributed by atoms with Gasteiger partial charge in [0.25, 0.3) is 0 Å². The van der Waals surface area contributed by atoms with Gasteiger partial charge < -0.3 is 4.74 Å². The first kappa shape index (κ1) is 15.0. The molecule has 0 aliphatic carbocycles. The van der Waals surface area contributed by atoms with Crippen LogP contribution in [0.4, 0.5) is 0 Å². The topological polar surface area (TPSA) is 73.9 Å². The minimum atomic E-state index is -0.144. The molecular formula is C18H12N2O2. The van der Waals surface area contributed by atoms with Crippen LogP contribution in [-0.2, 0) is 0 Å². The fourth-order valence-corrected chi connectivity index (χ4v) is 1.81. The highest BCUT2D eigenvalue weighted by Crippen LogP contribution is 2.13. The van der Waals surface area contributed by atoms with Crippen molar-refractivity contribution in [1.82, 2.24) is 0 Å². The van der Waals surface area contributed by atoms with Gasteiger partial charge in [-0.25, -0.2) is 0 Å². The standard InChI is InChI=1S/C18H12N2O2/c19-10-11-22-17-7-5-16(6-8-17)18(21)9-4-14-2-1-3-15(12-14)13-20/h1-9,12H,11H2/b9-4+. The van der Waals surface area contributed by atoms with Gasteiger partial charge in [-0.3, -0.25) is 4.79 Å². The molecule has 2 aromatic carbocycles. The van der Waals surface area contributed by atoms with Crippen molar-refractivity contribution in [1.29, 1.82) is 10.5 Å². The minimum Gasteiger partial charge on any atom is -0.479 e. The van der Waals surface area contributed by atoms with Gasteiger partial charge in [0, 0.05) is 5.56 Å². The van der Waals surface area contributed by atoms with Crippen LogP contribution in [0.5, 0.6) is 5.75 Å². The Hall–Kier alpha value is -3.37. The first-order valence-corrected chi connectivity index (χ1v) is 6.55. The van der Waals surface area contributed by atoms with Crippen LogP contribution in [0, 0.1) is 22.7 Å². The highest BCUT2D eigenvalue weighted by Gasteiger charge is 2.02. The van der Waals surface area contributed by atoms with E-state index in [2.05, 4.69) is 6.07 Å². The van der Waals surface area contributed by atoms with Crippen molar-refractivity contribution in [3.8, 4) is 17.9 Å². The van der Waals surface area contributed by atoms with Crippen molar-refractivity contribution in [2.24, 2.45) is 0 Å². The fraction of sp³-hybridized carbons (Fsp3) is 0.0556. The number of allylic oxidation sites excluding steroid dienone is 1. The molecule has 0 heterocycles. The second kappa shape index (κ2) is 7.42. The molecule has 0 unspecified atom stereocenters. The van der Waals surface area contributed by atoms with Crippen molar-refractivity contribution < 1.29 is 9.53 Å². The van der Waals surface area contributed by atoms with E-state index in [0.717, 1.165) is 5.56 Å². The molecule has 22 heavy (non-hydrogen) atoms. The van der Waals surface area contributed by atoms with Crippen molar-refractivity contribution in [2.45, 2.75) is 0 Å². The maximum atomic E-state index is 12.1. The van der Waals surface area contributed by atoms with E-state index >= 15 is 0 Å². The van der Waals surface area contributed by atoms with Crippen molar-refractivity contribution in [3.63, 3.8) is 0 Å². The van der Waals surface area contributed by atoms with E-state index in [4.69, 9.17) is 15.3 Å². The zero-order valence-corrected chi connectivity index (χ0v) is 11.7. The largest absolute Gasteiger partial charge is 0.479 e. The summed E-state index contributed by atoms with van der Waals surface area (Å²) in [7, 11) is 0. The van der Waals surface area contributed by atoms with Crippen LogP contribution in [0.2, 0.25) is 0 Å². The van der Waals surface area contributed by atoms with Gasteiger partial charge in [-0.1, -0.05) is 18.2 Å². The van der Waals surface area contributed by atoms with Crippen LogP contribution in [0.25, 0.3) is 6.08 Å². The van der Waals surface area contributed by atoms with Gasteiger partial charge in [0.05, 0.1) is 11.6 Å². The summed E-state index contributed by atoms with van der Waals surface area (Å²) in [6, 6.07) is 17.5. The Morgan fingerprint density at radius 3 is 2.59 bits per heavy atom. The third-order valence-electron chi connectivity index (χ3n) is 2.89. The summed E-state index contributed by atoms with van der Waals surface area (Å²) in [6.07, 6.45) is 3.13. The molecule has 2 rings (SSSR count). The fourth-order valence-electron chi connectivity index (χ4n) is 1.81. The zero-order chi connectivity index (χ0) is 15.8. The average Bonchev–Trinajstić information content (AvgIpc) is 2.58. The number of carbonyl (C=O) groups is 1. The molecule has 106 valence electrons. The molecule has 0 bridgehead atoms. The van der Waals surface area contributed by atoms with Crippen LogP contribution in [0.3, 0.4) is 0 Å².